The number of carboxylic acids is 2. The van der Waals surface area contributed by atoms with Crippen molar-refractivity contribution >= 4 is 23.5 Å². The zero-order valence-corrected chi connectivity index (χ0v) is 12.8. The molecule has 0 aliphatic heterocycles. The van der Waals surface area contributed by atoms with Gasteiger partial charge in [0.2, 0.25) is 0 Å². The first-order valence-electron chi connectivity index (χ1n) is 5.76. The fourth-order valence-corrected chi connectivity index (χ4v) is 1.06. The second-order valence-corrected chi connectivity index (χ2v) is 3.67. The summed E-state index contributed by atoms with van der Waals surface area (Å²) in [5.74, 6) is -3.07. The monoisotopic (exact) mass is 306 g/mol. The maximum absolute atomic E-state index is 10.4. The number of hydrogen-bond donors (Lipinski definition) is 0. The topological polar surface area (TPSA) is 114 Å². The van der Waals surface area contributed by atoms with Gasteiger partial charge in [0, 0.05) is 37.6 Å². The molecule has 0 spiro atoms. The quantitative estimate of drug-likeness (QED) is 0.419. The molecule has 0 aromatic rings. The molecule has 0 rings (SSSR count). The minimum atomic E-state index is -1.28. The van der Waals surface area contributed by atoms with Crippen molar-refractivity contribution in [3.05, 3.63) is 0 Å². The third kappa shape index (κ3) is 22.6. The third-order valence-electron chi connectivity index (χ3n) is 1.74. The first-order chi connectivity index (χ1) is 8.33. The number of carbonyl (C=O) groups is 4. The largest absolute Gasteiger partial charge is 2.00 e. The Kier molecular flexibility index (Phi) is 18.3. The van der Waals surface area contributed by atoms with Crippen LogP contribution in [-0.4, -0.2) is 23.5 Å². The predicted octanol–water partition coefficient (Wildman–Crippen LogP) is -1.01. The fraction of sp³-hybridized carbons (Fsp3) is 0.667. The molecule has 0 saturated heterocycles. The summed E-state index contributed by atoms with van der Waals surface area (Å²) in [5.41, 5.74) is 0. The maximum Gasteiger partial charge on any atom is 2.00 e. The number of rotatable bonds is 8. The third-order valence-corrected chi connectivity index (χ3v) is 1.74. The molecule has 0 aliphatic rings. The normalized spacial score (nSPS) is 8.53. The second kappa shape index (κ2) is 15.1. The first-order valence-corrected chi connectivity index (χ1v) is 5.76. The van der Waals surface area contributed by atoms with Crippen molar-refractivity contribution in [3.63, 3.8) is 0 Å². The van der Waals surface area contributed by atoms with Crippen LogP contribution in [-0.2, 0) is 40.9 Å². The summed E-state index contributed by atoms with van der Waals surface area (Å²) in [5, 5.41) is 19.5. The molecule has 0 heterocycles. The van der Waals surface area contributed by atoms with E-state index >= 15 is 0 Å². The fourth-order valence-electron chi connectivity index (χ4n) is 1.06. The van der Waals surface area contributed by atoms with Crippen LogP contribution in [0.15, 0.2) is 0 Å². The molecule has 0 aromatic heterocycles. The van der Waals surface area contributed by atoms with E-state index in [1.165, 1.54) is 0 Å². The standard InChI is InChI=1S/2C6H10O3.Ti/c2*1-2-3-5(7)4-6(8)9;/h2*2-4H2,1H3,(H,8,9);/q;;+2/p-2. The van der Waals surface area contributed by atoms with Crippen LogP contribution >= 0.6 is 0 Å². The van der Waals surface area contributed by atoms with Crippen molar-refractivity contribution in [2.45, 2.75) is 52.4 Å². The van der Waals surface area contributed by atoms with E-state index in [4.69, 9.17) is 0 Å². The molecule has 0 saturated carbocycles. The average molecular weight is 306 g/mol. The van der Waals surface area contributed by atoms with Gasteiger partial charge >= 0.3 is 21.7 Å². The van der Waals surface area contributed by atoms with E-state index in [9.17, 15) is 29.4 Å². The second-order valence-electron chi connectivity index (χ2n) is 3.67. The molecule has 0 radical (unpaired) electrons. The van der Waals surface area contributed by atoms with Gasteiger partial charge in [-0.1, -0.05) is 13.8 Å². The molecule has 0 unspecified atom stereocenters. The van der Waals surface area contributed by atoms with E-state index in [2.05, 4.69) is 0 Å². The number of aliphatic carboxylic acids is 2. The van der Waals surface area contributed by atoms with Gasteiger partial charge in [-0.2, -0.15) is 0 Å². The molecule has 0 N–H and O–H groups in total. The molecule has 0 aliphatic carbocycles. The molecule has 106 valence electrons. The van der Waals surface area contributed by atoms with Crippen LogP contribution in [0.2, 0.25) is 0 Å². The zero-order valence-electron chi connectivity index (χ0n) is 11.2. The van der Waals surface area contributed by atoms with Crippen LogP contribution in [0.1, 0.15) is 52.4 Å². The molecule has 6 nitrogen and oxygen atoms in total. The van der Waals surface area contributed by atoms with Crippen molar-refractivity contribution < 1.29 is 51.1 Å². The minimum absolute atomic E-state index is 0. The number of carbonyl (C=O) groups excluding carboxylic acids is 4. The van der Waals surface area contributed by atoms with Crippen LogP contribution in [0, 0.1) is 0 Å². The molecule has 7 heteroatoms. The van der Waals surface area contributed by atoms with E-state index < -0.39 is 24.8 Å². The van der Waals surface area contributed by atoms with Gasteiger partial charge < -0.3 is 19.8 Å². The van der Waals surface area contributed by atoms with Gasteiger partial charge in [-0.05, 0) is 12.8 Å². The Balaban J connectivity index is -0.000000256. The zero-order chi connectivity index (χ0) is 14.6. The molecule has 0 bridgehead atoms. The van der Waals surface area contributed by atoms with Gasteiger partial charge in [0.25, 0.3) is 0 Å². The molecule has 0 amide bonds. The molecule has 0 aromatic carbocycles. The number of hydrogen-bond acceptors (Lipinski definition) is 6. The molecule has 19 heavy (non-hydrogen) atoms. The molecular weight excluding hydrogens is 288 g/mol. The summed E-state index contributed by atoms with van der Waals surface area (Å²) in [6.07, 6.45) is 1.21. The summed E-state index contributed by atoms with van der Waals surface area (Å²) in [6.45, 7) is 3.65. The summed E-state index contributed by atoms with van der Waals surface area (Å²) in [4.78, 5) is 40.4. The van der Waals surface area contributed by atoms with Gasteiger partial charge in [-0.25, -0.2) is 0 Å². The van der Waals surface area contributed by atoms with Crippen LogP contribution in [0.3, 0.4) is 0 Å². The summed E-state index contributed by atoms with van der Waals surface area (Å²) in [6, 6.07) is 0. The number of Topliss-reactive ketones (excluding diaryl/α,β-unsaturated/α-hetero) is 2. The Morgan fingerprint density at radius 1 is 0.737 bits per heavy atom. The Bertz CT molecular complexity index is 271. The van der Waals surface area contributed by atoms with Gasteiger partial charge in [0.05, 0.1) is 0 Å². The van der Waals surface area contributed by atoms with E-state index in [-0.39, 0.29) is 33.3 Å². The van der Waals surface area contributed by atoms with E-state index in [1.54, 1.807) is 0 Å². The molecular formula is C12H18O6Ti. The van der Waals surface area contributed by atoms with Gasteiger partial charge in [0.15, 0.2) is 0 Å². The van der Waals surface area contributed by atoms with E-state index in [0.29, 0.717) is 25.7 Å². The van der Waals surface area contributed by atoms with E-state index in [1.807, 2.05) is 13.8 Å². The Labute approximate surface area is 127 Å². The summed E-state index contributed by atoms with van der Waals surface area (Å²) < 4.78 is 0. The first kappa shape index (κ1) is 23.1. The Hall–Kier alpha value is -1.01. The van der Waals surface area contributed by atoms with Gasteiger partial charge in [0.1, 0.15) is 11.6 Å². The average Bonchev–Trinajstić information content (AvgIpc) is 2.16. The summed E-state index contributed by atoms with van der Waals surface area (Å²) in [7, 11) is 0. The number of ketones is 2. The Morgan fingerprint density at radius 3 is 1.16 bits per heavy atom. The van der Waals surface area contributed by atoms with Crippen LogP contribution in [0.5, 0.6) is 0 Å². The predicted molar refractivity (Wildman–Crippen MR) is 59.1 cm³/mol. The minimum Gasteiger partial charge on any atom is -0.550 e. The van der Waals surface area contributed by atoms with Crippen LogP contribution < -0.4 is 10.2 Å². The van der Waals surface area contributed by atoms with Crippen molar-refractivity contribution in [2.75, 3.05) is 0 Å². The SMILES string of the molecule is CCCC(=O)CC(=O)[O-].CCCC(=O)CC(=O)[O-].[Ti+2]. The summed E-state index contributed by atoms with van der Waals surface area (Å²) >= 11 is 0. The van der Waals surface area contributed by atoms with Crippen molar-refractivity contribution in [3.8, 4) is 0 Å². The molecule has 0 atom stereocenters. The Morgan fingerprint density at radius 2 is 1.00 bits per heavy atom. The number of carboxylic acid groups (broad SMARTS) is 2. The van der Waals surface area contributed by atoms with E-state index in [0.717, 1.165) is 0 Å². The van der Waals surface area contributed by atoms with Crippen molar-refractivity contribution in [1.29, 1.82) is 0 Å². The smallest absolute Gasteiger partial charge is 0.550 e. The van der Waals surface area contributed by atoms with Gasteiger partial charge in [-0.3, -0.25) is 9.59 Å². The van der Waals surface area contributed by atoms with Crippen molar-refractivity contribution in [1.82, 2.24) is 0 Å². The van der Waals surface area contributed by atoms with Gasteiger partial charge in [-0.15, -0.1) is 0 Å². The molecule has 0 fully saturated rings. The maximum atomic E-state index is 10.4. The van der Waals surface area contributed by atoms with Crippen LogP contribution in [0.4, 0.5) is 0 Å². The van der Waals surface area contributed by atoms with Crippen LogP contribution in [0.25, 0.3) is 0 Å². The van der Waals surface area contributed by atoms with Crippen molar-refractivity contribution in [2.24, 2.45) is 0 Å².